The molecule has 21 heavy (non-hydrogen) atoms. The van der Waals surface area contributed by atoms with Crippen LogP contribution in [0.4, 0.5) is 0 Å². The summed E-state index contributed by atoms with van der Waals surface area (Å²) in [5.74, 6) is 0.905. The highest BCUT2D eigenvalue weighted by atomic mass is 16.5. The van der Waals surface area contributed by atoms with Crippen LogP contribution in [0.5, 0.6) is 5.75 Å². The van der Waals surface area contributed by atoms with Crippen LogP contribution in [-0.2, 0) is 20.2 Å². The second kappa shape index (κ2) is 5.62. The second-order valence-electron chi connectivity index (χ2n) is 5.40. The van der Waals surface area contributed by atoms with Gasteiger partial charge in [-0.2, -0.15) is 0 Å². The summed E-state index contributed by atoms with van der Waals surface area (Å²) in [6.07, 6.45) is 0. The van der Waals surface area contributed by atoms with Gasteiger partial charge in [0.05, 0.1) is 5.69 Å². The first-order valence-corrected chi connectivity index (χ1v) is 7.14. The van der Waals surface area contributed by atoms with Crippen molar-refractivity contribution in [1.82, 2.24) is 4.57 Å². The van der Waals surface area contributed by atoms with Crippen LogP contribution in [0.15, 0.2) is 48.5 Å². The monoisotopic (exact) mass is 280 g/mol. The minimum atomic E-state index is 0.562. The van der Waals surface area contributed by atoms with Gasteiger partial charge in [-0.25, -0.2) is 0 Å². The van der Waals surface area contributed by atoms with Gasteiger partial charge in [0.1, 0.15) is 12.4 Å². The van der Waals surface area contributed by atoms with Crippen molar-refractivity contribution in [2.24, 2.45) is 12.8 Å². The third-order valence-corrected chi connectivity index (χ3v) is 3.82. The topological polar surface area (TPSA) is 40.2 Å². The van der Waals surface area contributed by atoms with Crippen molar-refractivity contribution in [2.45, 2.75) is 20.1 Å². The van der Waals surface area contributed by atoms with E-state index >= 15 is 0 Å². The molecule has 1 heterocycles. The van der Waals surface area contributed by atoms with Crippen molar-refractivity contribution in [2.75, 3.05) is 0 Å². The molecular formula is C18H20N2O. The van der Waals surface area contributed by atoms with Gasteiger partial charge in [0.15, 0.2) is 0 Å². The Morgan fingerprint density at radius 3 is 2.71 bits per heavy atom. The number of benzene rings is 2. The Hall–Kier alpha value is -2.26. The molecule has 3 heteroatoms. The lowest BCUT2D eigenvalue weighted by Crippen LogP contribution is -2.02. The van der Waals surface area contributed by atoms with E-state index in [1.807, 2.05) is 12.1 Å². The Bertz CT molecular complexity index is 774. The highest BCUT2D eigenvalue weighted by Gasteiger charge is 2.07. The number of hydrogen-bond acceptors (Lipinski definition) is 2. The molecule has 0 unspecified atom stereocenters. The number of ether oxygens (including phenoxy) is 1. The number of rotatable bonds is 4. The Labute approximate surface area is 125 Å². The summed E-state index contributed by atoms with van der Waals surface area (Å²) in [5, 5.41) is 1.22. The molecular weight excluding hydrogens is 260 g/mol. The van der Waals surface area contributed by atoms with Gasteiger partial charge in [0.2, 0.25) is 0 Å². The number of aromatic nitrogens is 1. The SMILES string of the molecule is Cc1cccc(OCc2cc3ccc(CN)cc3n2C)c1. The zero-order chi connectivity index (χ0) is 14.8. The van der Waals surface area contributed by atoms with E-state index in [-0.39, 0.29) is 0 Å². The smallest absolute Gasteiger partial charge is 0.128 e. The molecule has 0 spiro atoms. The Kier molecular flexibility index (Phi) is 3.67. The predicted molar refractivity (Wildman–Crippen MR) is 86.3 cm³/mol. The summed E-state index contributed by atoms with van der Waals surface area (Å²) in [5.41, 5.74) is 10.4. The molecule has 0 saturated heterocycles. The van der Waals surface area contributed by atoms with Crippen LogP contribution in [0, 0.1) is 6.92 Å². The number of nitrogens with two attached hydrogens (primary N) is 1. The van der Waals surface area contributed by atoms with E-state index in [1.54, 1.807) is 0 Å². The largest absolute Gasteiger partial charge is 0.487 e. The van der Waals surface area contributed by atoms with Gasteiger partial charge in [-0.3, -0.25) is 0 Å². The summed E-state index contributed by atoms with van der Waals surface area (Å²) < 4.78 is 8.07. The average Bonchev–Trinajstić information content (AvgIpc) is 2.81. The predicted octanol–water partition coefficient (Wildman–Crippen LogP) is 3.52. The third kappa shape index (κ3) is 2.78. The molecule has 0 amide bonds. The van der Waals surface area contributed by atoms with E-state index in [4.69, 9.17) is 10.5 Å². The highest BCUT2D eigenvalue weighted by molar-refractivity contribution is 5.82. The maximum absolute atomic E-state index is 5.89. The molecule has 0 aliphatic rings. The maximum atomic E-state index is 5.89. The number of nitrogens with zero attached hydrogens (tertiary/aromatic N) is 1. The Balaban J connectivity index is 1.85. The van der Waals surface area contributed by atoms with E-state index in [1.165, 1.54) is 16.5 Å². The molecule has 0 fully saturated rings. The molecule has 0 bridgehead atoms. The lowest BCUT2D eigenvalue weighted by molar-refractivity contribution is 0.297. The van der Waals surface area contributed by atoms with Gasteiger partial charge in [-0.15, -0.1) is 0 Å². The molecule has 3 rings (SSSR count). The van der Waals surface area contributed by atoms with Gasteiger partial charge in [0, 0.05) is 19.1 Å². The molecule has 0 aliphatic carbocycles. The van der Waals surface area contributed by atoms with Crippen LogP contribution in [0.2, 0.25) is 0 Å². The van der Waals surface area contributed by atoms with E-state index < -0.39 is 0 Å². The van der Waals surface area contributed by atoms with Crippen molar-refractivity contribution in [3.05, 3.63) is 65.4 Å². The molecule has 0 radical (unpaired) electrons. The Morgan fingerprint density at radius 1 is 1.10 bits per heavy atom. The van der Waals surface area contributed by atoms with E-state index in [9.17, 15) is 0 Å². The first-order valence-electron chi connectivity index (χ1n) is 7.14. The lowest BCUT2D eigenvalue weighted by atomic mass is 10.1. The van der Waals surface area contributed by atoms with Gasteiger partial charge in [-0.05, 0) is 47.7 Å². The molecule has 1 aromatic heterocycles. The summed E-state index contributed by atoms with van der Waals surface area (Å²) in [7, 11) is 2.07. The van der Waals surface area contributed by atoms with E-state index in [0.717, 1.165) is 17.0 Å². The van der Waals surface area contributed by atoms with Gasteiger partial charge in [0.25, 0.3) is 0 Å². The van der Waals surface area contributed by atoms with Gasteiger partial charge >= 0.3 is 0 Å². The van der Waals surface area contributed by atoms with Crippen molar-refractivity contribution in [1.29, 1.82) is 0 Å². The second-order valence-corrected chi connectivity index (χ2v) is 5.40. The van der Waals surface area contributed by atoms with Crippen molar-refractivity contribution < 1.29 is 4.74 Å². The van der Waals surface area contributed by atoms with Crippen LogP contribution < -0.4 is 10.5 Å². The molecule has 0 atom stereocenters. The molecule has 2 N–H and O–H groups in total. The van der Waals surface area contributed by atoms with Crippen LogP contribution in [0.1, 0.15) is 16.8 Å². The maximum Gasteiger partial charge on any atom is 0.128 e. The van der Waals surface area contributed by atoms with Crippen LogP contribution in [0.3, 0.4) is 0 Å². The van der Waals surface area contributed by atoms with Crippen molar-refractivity contribution in [3.8, 4) is 5.75 Å². The first kappa shape index (κ1) is 13.7. The molecule has 0 saturated carbocycles. The molecule has 3 aromatic rings. The fourth-order valence-corrected chi connectivity index (χ4v) is 2.56. The normalized spacial score (nSPS) is 11.0. The van der Waals surface area contributed by atoms with Gasteiger partial charge < -0.3 is 15.0 Å². The summed E-state index contributed by atoms with van der Waals surface area (Å²) in [4.78, 5) is 0. The average molecular weight is 280 g/mol. The van der Waals surface area contributed by atoms with Crippen LogP contribution in [-0.4, -0.2) is 4.57 Å². The first-order chi connectivity index (χ1) is 10.2. The highest BCUT2D eigenvalue weighted by Crippen LogP contribution is 2.22. The summed E-state index contributed by atoms with van der Waals surface area (Å²) in [6.45, 7) is 3.20. The van der Waals surface area contributed by atoms with Crippen molar-refractivity contribution >= 4 is 10.9 Å². The molecule has 2 aromatic carbocycles. The molecule has 3 nitrogen and oxygen atoms in total. The van der Waals surface area contributed by atoms with Crippen molar-refractivity contribution in [3.63, 3.8) is 0 Å². The third-order valence-electron chi connectivity index (χ3n) is 3.82. The minimum Gasteiger partial charge on any atom is -0.487 e. The zero-order valence-corrected chi connectivity index (χ0v) is 12.5. The van der Waals surface area contributed by atoms with E-state index in [0.29, 0.717) is 13.2 Å². The zero-order valence-electron chi connectivity index (χ0n) is 12.5. The summed E-state index contributed by atoms with van der Waals surface area (Å²) in [6, 6.07) is 16.6. The molecule has 0 aliphatic heterocycles. The van der Waals surface area contributed by atoms with Crippen LogP contribution >= 0.6 is 0 Å². The molecule has 108 valence electrons. The van der Waals surface area contributed by atoms with Crippen LogP contribution in [0.25, 0.3) is 10.9 Å². The fourth-order valence-electron chi connectivity index (χ4n) is 2.56. The minimum absolute atomic E-state index is 0.562. The van der Waals surface area contributed by atoms with Gasteiger partial charge in [-0.1, -0.05) is 24.3 Å². The summed E-state index contributed by atoms with van der Waals surface area (Å²) >= 11 is 0. The fraction of sp³-hybridized carbons (Fsp3) is 0.222. The number of aryl methyl sites for hydroxylation is 2. The number of hydrogen-bond donors (Lipinski definition) is 1. The lowest BCUT2D eigenvalue weighted by Gasteiger charge is -2.08. The quantitative estimate of drug-likeness (QED) is 0.794. The van der Waals surface area contributed by atoms with E-state index in [2.05, 4.69) is 54.9 Å². The number of fused-ring (bicyclic) bond motifs is 1. The Morgan fingerprint density at radius 2 is 1.95 bits per heavy atom. The standard InChI is InChI=1S/C18H20N2O/c1-13-4-3-5-17(8-13)21-12-16-10-15-7-6-14(11-19)9-18(15)20(16)2/h3-10H,11-12,19H2,1-2H3.